The van der Waals surface area contributed by atoms with Crippen molar-refractivity contribution >= 4 is 5.71 Å². The van der Waals surface area contributed by atoms with E-state index in [0.29, 0.717) is 17.7 Å². The average molecular weight is 258 g/mol. The predicted molar refractivity (Wildman–Crippen MR) is 66.2 cm³/mol. The van der Waals surface area contributed by atoms with Gasteiger partial charge < -0.3 is 0 Å². The first-order valence-corrected chi connectivity index (χ1v) is 5.63. The zero-order chi connectivity index (χ0) is 13.8. The van der Waals surface area contributed by atoms with E-state index in [9.17, 15) is 13.2 Å². The molecule has 0 aromatic heterocycles. The molecule has 0 aliphatic carbocycles. The number of hydrogen-bond acceptors (Lipinski definition) is 2. The summed E-state index contributed by atoms with van der Waals surface area (Å²) in [6.07, 6.45) is -4.04. The van der Waals surface area contributed by atoms with Crippen molar-refractivity contribution in [2.24, 2.45) is 10.5 Å². The Hall–Kier alpha value is -1.52. The number of alkyl halides is 3. The van der Waals surface area contributed by atoms with Crippen molar-refractivity contribution in [1.82, 2.24) is 5.43 Å². The predicted octanol–water partition coefficient (Wildman–Crippen LogP) is 3.94. The third-order valence-corrected chi connectivity index (χ3v) is 2.12. The molecule has 0 spiro atoms. The molecule has 0 amide bonds. The number of hydrogen-bond donors (Lipinski definition) is 1. The second kappa shape index (κ2) is 5.42. The van der Waals surface area contributed by atoms with Gasteiger partial charge in [-0.2, -0.15) is 5.10 Å². The Bertz CT molecular complexity index is 402. The first-order chi connectivity index (χ1) is 8.17. The minimum atomic E-state index is -4.50. The first-order valence-electron chi connectivity index (χ1n) is 5.63. The van der Waals surface area contributed by atoms with Crippen LogP contribution in [0.1, 0.15) is 32.8 Å². The Kier molecular flexibility index (Phi) is 4.38. The van der Waals surface area contributed by atoms with Crippen LogP contribution < -0.4 is 5.43 Å². The largest absolute Gasteiger partial charge is 0.497 e. The van der Waals surface area contributed by atoms with Crippen LogP contribution in [-0.4, -0.2) is 12.0 Å². The molecule has 2 nitrogen and oxygen atoms in total. The highest BCUT2D eigenvalue weighted by atomic mass is 19.4. The van der Waals surface area contributed by atoms with Gasteiger partial charge in [-0.15, -0.1) is 13.2 Å². The second-order valence-corrected chi connectivity index (χ2v) is 5.27. The Morgan fingerprint density at radius 1 is 1.11 bits per heavy atom. The molecule has 0 bridgehead atoms. The van der Waals surface area contributed by atoms with E-state index in [2.05, 4.69) is 5.10 Å². The molecule has 5 heteroatoms. The van der Waals surface area contributed by atoms with E-state index in [1.165, 1.54) is 5.43 Å². The summed E-state index contributed by atoms with van der Waals surface area (Å²) in [6, 6.07) is 8.88. The molecule has 1 N–H and O–H groups in total. The van der Waals surface area contributed by atoms with Crippen molar-refractivity contribution in [2.75, 3.05) is 0 Å². The van der Waals surface area contributed by atoms with Gasteiger partial charge in [0.15, 0.2) is 0 Å². The Labute approximate surface area is 105 Å². The number of nitrogens with zero attached hydrogens (tertiary/aromatic N) is 1. The van der Waals surface area contributed by atoms with E-state index >= 15 is 0 Å². The van der Waals surface area contributed by atoms with Crippen molar-refractivity contribution in [3.05, 3.63) is 35.9 Å². The van der Waals surface area contributed by atoms with Crippen LogP contribution in [0.4, 0.5) is 13.2 Å². The third-order valence-electron chi connectivity index (χ3n) is 2.12. The summed E-state index contributed by atoms with van der Waals surface area (Å²) in [6.45, 7) is 5.87. The fourth-order valence-corrected chi connectivity index (χ4v) is 1.47. The van der Waals surface area contributed by atoms with Crippen LogP contribution in [0.25, 0.3) is 0 Å². The molecule has 1 rings (SSSR count). The maximum Gasteiger partial charge on any atom is 0.497 e. The third kappa shape index (κ3) is 5.70. The van der Waals surface area contributed by atoms with Gasteiger partial charge in [0.25, 0.3) is 0 Å². The van der Waals surface area contributed by atoms with E-state index in [1.807, 2.05) is 26.8 Å². The molecule has 1 aromatic rings. The van der Waals surface area contributed by atoms with Crippen molar-refractivity contribution in [2.45, 2.75) is 33.5 Å². The van der Waals surface area contributed by atoms with Crippen molar-refractivity contribution < 1.29 is 13.2 Å². The molecule has 0 saturated carbocycles. The van der Waals surface area contributed by atoms with Crippen LogP contribution in [0.2, 0.25) is 0 Å². The van der Waals surface area contributed by atoms with Crippen LogP contribution in [0.15, 0.2) is 35.4 Å². The molecule has 0 aliphatic heterocycles. The van der Waals surface area contributed by atoms with Crippen LogP contribution in [-0.2, 0) is 0 Å². The molecule has 0 saturated heterocycles. The highest BCUT2D eigenvalue weighted by Crippen LogP contribution is 2.22. The summed E-state index contributed by atoms with van der Waals surface area (Å²) in [4.78, 5) is 0. The molecule has 0 unspecified atom stereocenters. The minimum absolute atomic E-state index is 0.137. The van der Waals surface area contributed by atoms with Crippen molar-refractivity contribution in [3.63, 3.8) is 0 Å². The number of halogens is 3. The summed E-state index contributed by atoms with van der Waals surface area (Å²) in [5.74, 6) is 0. The molecule has 0 aliphatic rings. The lowest BCUT2D eigenvalue weighted by Gasteiger charge is -2.20. The lowest BCUT2D eigenvalue weighted by atomic mass is 9.87. The topological polar surface area (TPSA) is 24.4 Å². The van der Waals surface area contributed by atoms with Gasteiger partial charge in [-0.3, -0.25) is 0 Å². The molecule has 18 heavy (non-hydrogen) atoms. The van der Waals surface area contributed by atoms with E-state index in [0.717, 1.165) is 0 Å². The molecule has 0 heterocycles. The van der Waals surface area contributed by atoms with Gasteiger partial charge in [0.2, 0.25) is 0 Å². The maximum atomic E-state index is 12.1. The molecule has 0 fully saturated rings. The lowest BCUT2D eigenvalue weighted by Crippen LogP contribution is -2.29. The number of nitrogens with one attached hydrogen (secondary N) is 1. The number of hydrazone groups is 1. The molecule has 0 atom stereocenters. The fraction of sp³-hybridized carbons (Fsp3) is 0.462. The Morgan fingerprint density at radius 3 is 2.11 bits per heavy atom. The Balaban J connectivity index is 2.96. The SMILES string of the molecule is CC(C)(C)C/C(=N\NC(F)(F)F)c1ccccc1. The van der Waals surface area contributed by atoms with Crippen molar-refractivity contribution in [3.8, 4) is 0 Å². The zero-order valence-corrected chi connectivity index (χ0v) is 10.7. The smallest absolute Gasteiger partial charge is 0.218 e. The van der Waals surface area contributed by atoms with Gasteiger partial charge in [-0.25, -0.2) is 5.43 Å². The summed E-state index contributed by atoms with van der Waals surface area (Å²) in [5, 5.41) is 3.49. The first kappa shape index (κ1) is 14.5. The van der Waals surface area contributed by atoms with Gasteiger partial charge in [0, 0.05) is 0 Å². The van der Waals surface area contributed by atoms with Gasteiger partial charge in [0.1, 0.15) is 0 Å². The van der Waals surface area contributed by atoms with Gasteiger partial charge in [-0.05, 0) is 17.4 Å². The highest BCUT2D eigenvalue weighted by molar-refractivity contribution is 6.00. The summed E-state index contributed by atoms with van der Waals surface area (Å²) in [5.41, 5.74) is 2.20. The molecule has 1 aromatic carbocycles. The Morgan fingerprint density at radius 2 is 1.67 bits per heavy atom. The normalized spacial score (nSPS) is 13.6. The minimum Gasteiger partial charge on any atom is -0.218 e. The molecule has 0 radical (unpaired) electrons. The summed E-state index contributed by atoms with van der Waals surface area (Å²) >= 11 is 0. The van der Waals surface area contributed by atoms with Crippen LogP contribution >= 0.6 is 0 Å². The van der Waals surface area contributed by atoms with Crippen LogP contribution in [0, 0.1) is 5.41 Å². The monoisotopic (exact) mass is 258 g/mol. The van der Waals surface area contributed by atoms with E-state index in [1.54, 1.807) is 24.3 Å². The lowest BCUT2D eigenvalue weighted by molar-refractivity contribution is -0.156. The van der Waals surface area contributed by atoms with Crippen LogP contribution in [0.5, 0.6) is 0 Å². The molecular formula is C13H17F3N2. The number of benzene rings is 1. The highest BCUT2D eigenvalue weighted by Gasteiger charge is 2.27. The van der Waals surface area contributed by atoms with Crippen molar-refractivity contribution in [1.29, 1.82) is 0 Å². The van der Waals surface area contributed by atoms with Gasteiger partial charge in [-0.1, -0.05) is 51.1 Å². The van der Waals surface area contributed by atoms with Gasteiger partial charge >= 0.3 is 6.30 Å². The summed E-state index contributed by atoms with van der Waals surface area (Å²) < 4.78 is 36.4. The molecular weight excluding hydrogens is 241 g/mol. The fourth-order valence-electron chi connectivity index (χ4n) is 1.47. The van der Waals surface area contributed by atoms with E-state index in [4.69, 9.17) is 0 Å². The number of rotatable bonds is 3. The average Bonchev–Trinajstić information content (AvgIpc) is 2.23. The van der Waals surface area contributed by atoms with E-state index in [-0.39, 0.29) is 5.41 Å². The van der Waals surface area contributed by atoms with E-state index < -0.39 is 6.30 Å². The zero-order valence-electron chi connectivity index (χ0n) is 10.7. The molecule has 100 valence electrons. The van der Waals surface area contributed by atoms with Crippen LogP contribution in [0.3, 0.4) is 0 Å². The quantitative estimate of drug-likeness (QED) is 0.495. The van der Waals surface area contributed by atoms with Gasteiger partial charge in [0.05, 0.1) is 5.71 Å². The maximum absolute atomic E-state index is 12.1. The second-order valence-electron chi connectivity index (χ2n) is 5.27. The summed E-state index contributed by atoms with van der Waals surface area (Å²) in [7, 11) is 0. The standard InChI is InChI=1S/C13H17F3N2/c1-12(2,3)9-11(17-18-13(14,15)16)10-7-5-4-6-8-10/h4-8,18H,9H2,1-3H3/b17-11+.